The molecule has 2 aromatic rings. The number of benzene rings is 1. The van der Waals surface area contributed by atoms with E-state index < -0.39 is 6.36 Å². The average Bonchev–Trinajstić information content (AvgIpc) is 2.91. The Morgan fingerprint density at radius 3 is 2.72 bits per heavy atom. The van der Waals surface area contributed by atoms with E-state index in [0.29, 0.717) is 17.8 Å². The summed E-state index contributed by atoms with van der Waals surface area (Å²) in [6.45, 7) is 2.10. The number of ether oxygens (including phenoxy) is 1. The van der Waals surface area contributed by atoms with Gasteiger partial charge in [0.05, 0.1) is 11.8 Å². The van der Waals surface area contributed by atoms with Crippen molar-refractivity contribution in [3.05, 3.63) is 47.3 Å². The topological polar surface area (TPSA) is 67.0 Å². The summed E-state index contributed by atoms with van der Waals surface area (Å²) in [5, 5.41) is 9.39. The second-order valence-corrected chi connectivity index (χ2v) is 6.30. The van der Waals surface area contributed by atoms with Crippen molar-refractivity contribution >= 4 is 5.91 Å². The number of hydrogen-bond donors (Lipinski definition) is 2. The van der Waals surface area contributed by atoms with Crippen LogP contribution in [0.1, 0.15) is 40.9 Å². The van der Waals surface area contributed by atoms with E-state index in [1.165, 1.54) is 18.3 Å². The van der Waals surface area contributed by atoms with E-state index in [0.717, 1.165) is 24.8 Å². The van der Waals surface area contributed by atoms with Crippen LogP contribution in [0.4, 0.5) is 13.2 Å². The summed E-state index contributed by atoms with van der Waals surface area (Å²) in [6.07, 6.45) is -0.709. The number of carbonyl (C=O) groups is 1. The standard InChI is InChI=1S/C17H18F3N3O2/c1-11-14(9-22-23-11)15(24)21-10-16(6-3-7-16)12-4-2-5-13(8-12)25-17(18,19)20/h2,4-5,8-9H,3,6-7,10H2,1H3,(H,21,24)(H,22,23). The molecule has 1 aliphatic rings. The van der Waals surface area contributed by atoms with Crippen molar-refractivity contribution < 1.29 is 22.7 Å². The minimum absolute atomic E-state index is 0.242. The van der Waals surface area contributed by atoms with Crippen molar-refractivity contribution in [2.24, 2.45) is 0 Å². The van der Waals surface area contributed by atoms with E-state index in [-0.39, 0.29) is 17.1 Å². The van der Waals surface area contributed by atoms with E-state index in [1.807, 2.05) is 0 Å². The fourth-order valence-electron chi connectivity index (χ4n) is 3.12. The van der Waals surface area contributed by atoms with Gasteiger partial charge in [0.1, 0.15) is 5.75 Å². The van der Waals surface area contributed by atoms with Gasteiger partial charge in [-0.1, -0.05) is 18.6 Å². The molecule has 0 bridgehead atoms. The van der Waals surface area contributed by atoms with Crippen LogP contribution in [0.2, 0.25) is 0 Å². The quantitative estimate of drug-likeness (QED) is 0.865. The third kappa shape index (κ3) is 3.78. The average molecular weight is 353 g/mol. The molecule has 0 unspecified atom stereocenters. The molecule has 1 amide bonds. The van der Waals surface area contributed by atoms with Crippen molar-refractivity contribution in [3.8, 4) is 5.75 Å². The lowest BCUT2D eigenvalue weighted by molar-refractivity contribution is -0.274. The van der Waals surface area contributed by atoms with Gasteiger partial charge in [-0.3, -0.25) is 9.89 Å². The number of nitrogens with zero attached hydrogens (tertiary/aromatic N) is 1. The predicted molar refractivity (Wildman–Crippen MR) is 84.3 cm³/mol. The summed E-state index contributed by atoms with van der Waals surface area (Å²) in [5.74, 6) is -0.492. The van der Waals surface area contributed by atoms with Gasteiger partial charge in [-0.25, -0.2) is 0 Å². The summed E-state index contributed by atoms with van der Waals surface area (Å²) in [5.41, 5.74) is 1.51. The monoisotopic (exact) mass is 353 g/mol. The number of aromatic amines is 1. The highest BCUT2D eigenvalue weighted by Gasteiger charge is 2.40. The highest BCUT2D eigenvalue weighted by molar-refractivity contribution is 5.95. The van der Waals surface area contributed by atoms with E-state index in [9.17, 15) is 18.0 Å². The molecule has 0 spiro atoms. The molecular formula is C17H18F3N3O2. The first-order chi connectivity index (χ1) is 11.8. The number of H-pyrrole nitrogens is 1. The second-order valence-electron chi connectivity index (χ2n) is 6.30. The minimum atomic E-state index is -4.72. The zero-order valence-electron chi connectivity index (χ0n) is 13.6. The third-order valence-corrected chi connectivity index (χ3v) is 4.65. The van der Waals surface area contributed by atoms with Gasteiger partial charge in [0.25, 0.3) is 5.91 Å². The van der Waals surface area contributed by atoms with Crippen LogP contribution < -0.4 is 10.1 Å². The molecule has 3 rings (SSSR count). The molecular weight excluding hydrogens is 335 g/mol. The smallest absolute Gasteiger partial charge is 0.406 e. The SMILES string of the molecule is Cc1[nH]ncc1C(=O)NCC1(c2cccc(OC(F)(F)F)c2)CCC1. The number of alkyl halides is 3. The summed E-state index contributed by atoms with van der Waals surface area (Å²) in [6, 6.07) is 5.99. The highest BCUT2D eigenvalue weighted by atomic mass is 19.4. The Balaban J connectivity index is 1.74. The number of halogens is 3. The molecule has 0 saturated heterocycles. The highest BCUT2D eigenvalue weighted by Crippen LogP contribution is 2.44. The lowest BCUT2D eigenvalue weighted by Gasteiger charge is -2.42. The Morgan fingerprint density at radius 2 is 2.16 bits per heavy atom. The Hall–Kier alpha value is -2.51. The summed E-state index contributed by atoms with van der Waals surface area (Å²) >= 11 is 0. The van der Waals surface area contributed by atoms with Crippen LogP contribution in [0.3, 0.4) is 0 Å². The molecule has 134 valence electrons. The fourth-order valence-corrected chi connectivity index (χ4v) is 3.12. The van der Waals surface area contributed by atoms with Crippen LogP contribution in [0, 0.1) is 6.92 Å². The maximum atomic E-state index is 12.4. The van der Waals surface area contributed by atoms with Crippen molar-refractivity contribution in [3.63, 3.8) is 0 Å². The Morgan fingerprint density at radius 1 is 1.40 bits per heavy atom. The van der Waals surface area contributed by atoms with Crippen LogP contribution in [0.5, 0.6) is 5.75 Å². The zero-order chi connectivity index (χ0) is 18.1. The van der Waals surface area contributed by atoms with E-state index >= 15 is 0 Å². The molecule has 25 heavy (non-hydrogen) atoms. The maximum absolute atomic E-state index is 12.4. The zero-order valence-corrected chi connectivity index (χ0v) is 13.6. The van der Waals surface area contributed by atoms with Crippen molar-refractivity contribution in [2.45, 2.75) is 38.0 Å². The number of aromatic nitrogens is 2. The van der Waals surface area contributed by atoms with Gasteiger partial charge in [0.15, 0.2) is 0 Å². The molecule has 1 fully saturated rings. The molecule has 1 aromatic heterocycles. The van der Waals surface area contributed by atoms with Crippen molar-refractivity contribution in [2.75, 3.05) is 6.54 Å². The van der Waals surface area contributed by atoms with Crippen molar-refractivity contribution in [1.29, 1.82) is 0 Å². The first kappa shape index (κ1) is 17.3. The van der Waals surface area contributed by atoms with Crippen LogP contribution >= 0.6 is 0 Å². The molecule has 1 aromatic carbocycles. The normalized spacial score (nSPS) is 16.2. The van der Waals surface area contributed by atoms with Gasteiger partial charge in [-0.15, -0.1) is 13.2 Å². The molecule has 1 saturated carbocycles. The number of aryl methyl sites for hydroxylation is 1. The number of carbonyl (C=O) groups excluding carboxylic acids is 1. The van der Waals surface area contributed by atoms with E-state index in [4.69, 9.17) is 0 Å². The largest absolute Gasteiger partial charge is 0.573 e. The van der Waals surface area contributed by atoms with Crippen LogP contribution in [0.25, 0.3) is 0 Å². The molecule has 1 aliphatic carbocycles. The van der Waals surface area contributed by atoms with E-state index in [2.05, 4.69) is 20.3 Å². The molecule has 0 atom stereocenters. The van der Waals surface area contributed by atoms with Gasteiger partial charge >= 0.3 is 6.36 Å². The first-order valence-electron chi connectivity index (χ1n) is 7.94. The Bertz CT molecular complexity index is 766. The fraction of sp³-hybridized carbons (Fsp3) is 0.412. The molecule has 5 nitrogen and oxygen atoms in total. The summed E-state index contributed by atoms with van der Waals surface area (Å²) in [7, 11) is 0. The second kappa shape index (κ2) is 6.42. The lowest BCUT2D eigenvalue weighted by Crippen LogP contribution is -2.45. The number of hydrogen-bond acceptors (Lipinski definition) is 3. The third-order valence-electron chi connectivity index (χ3n) is 4.65. The van der Waals surface area contributed by atoms with Crippen LogP contribution in [0.15, 0.2) is 30.5 Å². The first-order valence-corrected chi connectivity index (χ1v) is 7.94. The van der Waals surface area contributed by atoms with Crippen LogP contribution in [-0.2, 0) is 5.41 Å². The summed E-state index contributed by atoms with van der Waals surface area (Å²) in [4.78, 5) is 12.3. The maximum Gasteiger partial charge on any atom is 0.573 e. The molecule has 1 heterocycles. The Labute approximate surface area is 142 Å². The molecule has 8 heteroatoms. The number of amides is 1. The Kier molecular flexibility index (Phi) is 4.45. The molecule has 0 aliphatic heterocycles. The summed E-state index contributed by atoms with van der Waals surface area (Å²) < 4.78 is 41.3. The van der Waals surface area contributed by atoms with Crippen LogP contribution in [-0.4, -0.2) is 29.0 Å². The van der Waals surface area contributed by atoms with Crippen molar-refractivity contribution in [1.82, 2.24) is 15.5 Å². The van der Waals surface area contributed by atoms with Gasteiger partial charge in [-0.05, 0) is 37.5 Å². The van der Waals surface area contributed by atoms with Gasteiger partial charge < -0.3 is 10.1 Å². The lowest BCUT2D eigenvalue weighted by atomic mass is 9.64. The van der Waals surface area contributed by atoms with Gasteiger partial charge in [0.2, 0.25) is 0 Å². The predicted octanol–water partition coefficient (Wildman–Crippen LogP) is 3.47. The van der Waals surface area contributed by atoms with Gasteiger partial charge in [0, 0.05) is 17.7 Å². The number of nitrogens with one attached hydrogen (secondary N) is 2. The molecule has 2 N–H and O–H groups in total. The number of rotatable bonds is 5. The van der Waals surface area contributed by atoms with E-state index in [1.54, 1.807) is 19.1 Å². The minimum Gasteiger partial charge on any atom is -0.406 e. The molecule has 0 radical (unpaired) electrons. The van der Waals surface area contributed by atoms with Gasteiger partial charge in [-0.2, -0.15) is 5.10 Å².